The molecule has 0 saturated heterocycles. The minimum Gasteiger partial charge on any atom is -0.454 e. The number of aromatic nitrogens is 2. The van der Waals surface area contributed by atoms with Gasteiger partial charge in [-0.1, -0.05) is 30.3 Å². The number of hydrogen-bond donors (Lipinski definition) is 0. The smallest absolute Gasteiger partial charge is 0.237 e. The summed E-state index contributed by atoms with van der Waals surface area (Å²) in [5.74, 6) is 0.0878. The van der Waals surface area contributed by atoms with Crippen molar-refractivity contribution in [2.75, 3.05) is 7.11 Å². The van der Waals surface area contributed by atoms with Crippen molar-refractivity contribution in [2.24, 2.45) is 0 Å². The van der Waals surface area contributed by atoms with Crippen LogP contribution in [-0.4, -0.2) is 16.5 Å². The zero-order chi connectivity index (χ0) is 16.0. The van der Waals surface area contributed by atoms with E-state index >= 15 is 0 Å². The normalized spacial score (nSPS) is 20.3. The highest BCUT2D eigenvalue weighted by molar-refractivity contribution is 5.61. The Balaban J connectivity index is 1.89. The number of methoxy groups -OCH3 is 1. The van der Waals surface area contributed by atoms with E-state index < -0.39 is 5.79 Å². The van der Waals surface area contributed by atoms with E-state index in [1.807, 2.05) is 25.1 Å². The van der Waals surface area contributed by atoms with Crippen molar-refractivity contribution in [3.63, 3.8) is 0 Å². The summed E-state index contributed by atoms with van der Waals surface area (Å²) in [5.41, 5.74) is 5.26. The van der Waals surface area contributed by atoms with Crippen molar-refractivity contribution in [3.8, 4) is 5.75 Å². The van der Waals surface area contributed by atoms with Crippen LogP contribution in [0.1, 0.15) is 28.9 Å². The first-order valence-electron chi connectivity index (χ1n) is 7.91. The van der Waals surface area contributed by atoms with Crippen molar-refractivity contribution in [1.82, 2.24) is 9.38 Å². The van der Waals surface area contributed by atoms with E-state index in [9.17, 15) is 0 Å². The number of hydrogen-bond acceptors (Lipinski definition) is 3. The van der Waals surface area contributed by atoms with E-state index in [4.69, 9.17) is 14.5 Å². The molecule has 4 heteroatoms. The third-order valence-corrected chi connectivity index (χ3v) is 4.84. The lowest BCUT2D eigenvalue weighted by atomic mass is 9.94. The molecule has 1 aliphatic heterocycles. The summed E-state index contributed by atoms with van der Waals surface area (Å²) in [4.78, 5) is 4.70. The van der Waals surface area contributed by atoms with Gasteiger partial charge in [0.05, 0.1) is 5.69 Å². The summed E-state index contributed by atoms with van der Waals surface area (Å²) in [6.45, 7) is 4.10. The maximum Gasteiger partial charge on any atom is 0.237 e. The van der Waals surface area contributed by atoms with Gasteiger partial charge >= 0.3 is 0 Å². The van der Waals surface area contributed by atoms with Crippen LogP contribution >= 0.6 is 0 Å². The van der Waals surface area contributed by atoms with E-state index in [0.717, 1.165) is 41.2 Å². The van der Waals surface area contributed by atoms with Crippen LogP contribution in [0.25, 0.3) is 5.65 Å². The number of aryl methyl sites for hydroxylation is 3. The Morgan fingerprint density at radius 1 is 1.17 bits per heavy atom. The minimum absolute atomic E-state index is 0.746. The van der Waals surface area contributed by atoms with Crippen molar-refractivity contribution in [2.45, 2.75) is 32.5 Å². The van der Waals surface area contributed by atoms with Crippen LogP contribution in [0.15, 0.2) is 42.6 Å². The van der Waals surface area contributed by atoms with Gasteiger partial charge in [-0.2, -0.15) is 0 Å². The Kier molecular flexibility index (Phi) is 3.16. The predicted molar refractivity (Wildman–Crippen MR) is 88.7 cm³/mol. The quantitative estimate of drug-likeness (QED) is 0.723. The lowest BCUT2D eigenvalue weighted by molar-refractivity contribution is -0.183. The molecule has 0 aliphatic carbocycles. The molecule has 4 nitrogen and oxygen atoms in total. The van der Waals surface area contributed by atoms with Gasteiger partial charge in [0.25, 0.3) is 0 Å². The molecule has 1 aromatic carbocycles. The van der Waals surface area contributed by atoms with E-state index in [-0.39, 0.29) is 0 Å². The predicted octanol–water partition coefficient (Wildman–Crippen LogP) is 3.78. The molecular formula is C19H20N2O2. The first-order chi connectivity index (χ1) is 11.1. The van der Waals surface area contributed by atoms with Crippen LogP contribution < -0.4 is 4.74 Å². The monoisotopic (exact) mass is 308 g/mol. The van der Waals surface area contributed by atoms with Crippen LogP contribution in [0.3, 0.4) is 0 Å². The van der Waals surface area contributed by atoms with Crippen molar-refractivity contribution >= 4 is 5.65 Å². The van der Waals surface area contributed by atoms with E-state index in [1.54, 1.807) is 7.11 Å². The molecule has 3 aromatic rings. The topological polar surface area (TPSA) is 35.8 Å². The SMILES string of the molecule is COC1(c2ccccc2)CCc2ccn3c(C)c(C)nc3c2O1. The Morgan fingerprint density at radius 3 is 2.70 bits per heavy atom. The second-order valence-corrected chi connectivity index (χ2v) is 6.07. The highest BCUT2D eigenvalue weighted by Crippen LogP contribution is 2.42. The largest absolute Gasteiger partial charge is 0.454 e. The summed E-state index contributed by atoms with van der Waals surface area (Å²) < 4.78 is 14.4. The fourth-order valence-corrected chi connectivity index (χ4v) is 3.33. The lowest BCUT2D eigenvalue weighted by Gasteiger charge is -2.37. The van der Waals surface area contributed by atoms with Gasteiger partial charge in [0.2, 0.25) is 5.79 Å². The van der Waals surface area contributed by atoms with E-state index in [0.29, 0.717) is 0 Å². The standard InChI is InChI=1S/C19H20N2O2/c1-13-14(2)21-12-10-15-9-11-19(22-3,16-7-5-4-6-8-16)23-17(15)18(21)20-13/h4-8,10,12H,9,11H2,1-3H3. The molecule has 0 saturated carbocycles. The van der Waals surface area contributed by atoms with Gasteiger partial charge in [-0.15, -0.1) is 0 Å². The maximum atomic E-state index is 6.43. The third kappa shape index (κ3) is 2.05. The molecule has 0 N–H and O–H groups in total. The second-order valence-electron chi connectivity index (χ2n) is 6.07. The van der Waals surface area contributed by atoms with Crippen LogP contribution in [0.5, 0.6) is 5.75 Å². The first-order valence-corrected chi connectivity index (χ1v) is 7.91. The van der Waals surface area contributed by atoms with Crippen molar-refractivity contribution in [3.05, 3.63) is 65.1 Å². The molecule has 0 radical (unpaired) electrons. The number of pyridine rings is 1. The average Bonchev–Trinajstić information content (AvgIpc) is 2.90. The molecule has 0 bridgehead atoms. The van der Waals surface area contributed by atoms with Crippen LogP contribution in [0, 0.1) is 13.8 Å². The molecule has 0 spiro atoms. The molecule has 0 amide bonds. The number of fused-ring (bicyclic) bond motifs is 3. The molecule has 1 atom stereocenters. The fraction of sp³-hybridized carbons (Fsp3) is 0.316. The van der Waals surface area contributed by atoms with Gasteiger partial charge in [0, 0.05) is 31.0 Å². The van der Waals surface area contributed by atoms with Gasteiger partial charge < -0.3 is 13.9 Å². The molecule has 1 unspecified atom stereocenters. The van der Waals surface area contributed by atoms with Crippen LogP contribution in [0.2, 0.25) is 0 Å². The molecule has 23 heavy (non-hydrogen) atoms. The Bertz CT molecular complexity index is 870. The number of rotatable bonds is 2. The molecule has 3 heterocycles. The number of ether oxygens (including phenoxy) is 2. The summed E-state index contributed by atoms with van der Waals surface area (Å²) in [6, 6.07) is 12.3. The number of imidazole rings is 1. The Hall–Kier alpha value is -2.33. The highest BCUT2D eigenvalue weighted by atomic mass is 16.7. The van der Waals surface area contributed by atoms with Gasteiger partial charge in [0.15, 0.2) is 11.4 Å². The molecular weight excluding hydrogens is 288 g/mol. The molecule has 0 fully saturated rings. The van der Waals surface area contributed by atoms with Gasteiger partial charge in [-0.25, -0.2) is 4.98 Å². The zero-order valence-electron chi connectivity index (χ0n) is 13.7. The Morgan fingerprint density at radius 2 is 1.96 bits per heavy atom. The molecule has 4 rings (SSSR count). The van der Waals surface area contributed by atoms with Gasteiger partial charge in [-0.3, -0.25) is 0 Å². The fourth-order valence-electron chi connectivity index (χ4n) is 3.33. The van der Waals surface area contributed by atoms with Crippen molar-refractivity contribution < 1.29 is 9.47 Å². The third-order valence-electron chi connectivity index (χ3n) is 4.84. The highest BCUT2D eigenvalue weighted by Gasteiger charge is 2.39. The molecule has 118 valence electrons. The molecule has 2 aromatic heterocycles. The first kappa shape index (κ1) is 14.3. The van der Waals surface area contributed by atoms with Crippen molar-refractivity contribution in [1.29, 1.82) is 0 Å². The van der Waals surface area contributed by atoms with Crippen LogP contribution in [-0.2, 0) is 16.9 Å². The minimum atomic E-state index is -0.746. The van der Waals surface area contributed by atoms with Gasteiger partial charge in [0.1, 0.15) is 0 Å². The summed E-state index contributed by atoms with van der Waals surface area (Å²) >= 11 is 0. The molecule has 1 aliphatic rings. The maximum absolute atomic E-state index is 6.43. The van der Waals surface area contributed by atoms with Crippen LogP contribution in [0.4, 0.5) is 0 Å². The summed E-state index contributed by atoms with van der Waals surface area (Å²) in [7, 11) is 1.71. The number of nitrogens with zero attached hydrogens (tertiary/aromatic N) is 2. The zero-order valence-corrected chi connectivity index (χ0v) is 13.7. The number of benzene rings is 1. The van der Waals surface area contributed by atoms with E-state index in [1.165, 1.54) is 5.56 Å². The van der Waals surface area contributed by atoms with Gasteiger partial charge in [-0.05, 0) is 31.9 Å². The van der Waals surface area contributed by atoms with E-state index in [2.05, 4.69) is 35.7 Å². The average molecular weight is 308 g/mol. The Labute approximate surface area is 135 Å². The summed E-state index contributed by atoms with van der Waals surface area (Å²) in [5, 5.41) is 0. The second kappa shape index (κ2) is 5.10. The summed E-state index contributed by atoms with van der Waals surface area (Å²) in [6.07, 6.45) is 3.77. The lowest BCUT2D eigenvalue weighted by Crippen LogP contribution is -2.39.